The van der Waals surface area contributed by atoms with Crippen LogP contribution in [0.25, 0.3) is 6.08 Å². The van der Waals surface area contributed by atoms with Gasteiger partial charge in [-0.2, -0.15) is 0 Å². The van der Waals surface area contributed by atoms with Gasteiger partial charge in [0, 0.05) is 0 Å². The molecule has 1 aliphatic rings. The van der Waals surface area contributed by atoms with E-state index in [2.05, 4.69) is 26.6 Å². The molecule has 0 unspecified atom stereocenters. The van der Waals surface area contributed by atoms with Crippen LogP contribution in [-0.4, -0.2) is 24.5 Å². The van der Waals surface area contributed by atoms with Crippen LogP contribution in [0.1, 0.15) is 5.56 Å². The number of carboxylic acids is 1. The molecule has 7 nitrogen and oxygen atoms in total. The van der Waals surface area contributed by atoms with Crippen molar-refractivity contribution in [2.45, 2.75) is 0 Å². The molecular weight excluding hydrogens is 367 g/mol. The van der Waals surface area contributed by atoms with Crippen LogP contribution in [0.4, 0.5) is 4.79 Å². The zero-order valence-electron chi connectivity index (χ0n) is 10.2. The van der Waals surface area contributed by atoms with Crippen molar-refractivity contribution < 1.29 is 24.2 Å². The first kappa shape index (κ1) is 15.3. The fourth-order valence-corrected chi connectivity index (χ4v) is 2.57. The Kier molecular flexibility index (Phi) is 4.49. The van der Waals surface area contributed by atoms with Gasteiger partial charge in [-0.15, -0.1) is 0 Å². The Morgan fingerprint density at radius 2 is 2.10 bits per heavy atom. The first-order valence-electron chi connectivity index (χ1n) is 5.52. The van der Waals surface area contributed by atoms with E-state index in [0.29, 0.717) is 10.0 Å². The molecule has 21 heavy (non-hydrogen) atoms. The lowest BCUT2D eigenvalue weighted by Crippen LogP contribution is -2.29. The van der Waals surface area contributed by atoms with Crippen LogP contribution in [0.2, 0.25) is 5.02 Å². The number of amides is 3. The second-order valence-corrected chi connectivity index (χ2v) is 5.20. The Balaban J connectivity index is 2.27. The average Bonchev–Trinajstić information content (AvgIpc) is 2.66. The predicted octanol–water partition coefficient (Wildman–Crippen LogP) is 0.411. The summed E-state index contributed by atoms with van der Waals surface area (Å²) < 4.78 is 5.38. The van der Waals surface area contributed by atoms with Crippen LogP contribution in [0.15, 0.2) is 22.3 Å². The quantitative estimate of drug-likeness (QED) is 0.586. The maximum Gasteiger partial charge on any atom is 0.326 e. The minimum atomic E-state index is -1.38. The molecule has 1 saturated heterocycles. The van der Waals surface area contributed by atoms with Crippen molar-refractivity contribution >= 4 is 51.5 Å². The highest BCUT2D eigenvalue weighted by atomic mass is 79.9. The molecule has 1 aromatic carbocycles. The highest BCUT2D eigenvalue weighted by Gasteiger charge is 2.23. The van der Waals surface area contributed by atoms with E-state index >= 15 is 0 Å². The number of imide groups is 1. The van der Waals surface area contributed by atoms with E-state index in [-0.39, 0.29) is 16.5 Å². The summed E-state index contributed by atoms with van der Waals surface area (Å²) in [6, 6.07) is 2.41. The number of carboxylic acid groups (broad SMARTS) is 1. The second kappa shape index (κ2) is 6.15. The molecule has 0 saturated carbocycles. The average molecular weight is 375 g/mol. The van der Waals surface area contributed by atoms with Crippen LogP contribution < -0.4 is 20.5 Å². The number of hydrogen-bond acceptors (Lipinski definition) is 5. The van der Waals surface area contributed by atoms with E-state index < -0.39 is 24.5 Å². The molecule has 1 aromatic rings. The Hall–Kier alpha value is -2.06. The van der Waals surface area contributed by atoms with Crippen LogP contribution in [0.3, 0.4) is 0 Å². The number of urea groups is 1. The van der Waals surface area contributed by atoms with Crippen LogP contribution in [0.5, 0.6) is 5.75 Å². The number of carbonyl (C=O) groups is 3. The smallest absolute Gasteiger partial charge is 0.326 e. The molecule has 0 atom stereocenters. The van der Waals surface area contributed by atoms with E-state index in [1.54, 1.807) is 6.07 Å². The number of aliphatic carboxylic acids is 1. The molecule has 0 spiro atoms. The zero-order valence-corrected chi connectivity index (χ0v) is 12.6. The zero-order chi connectivity index (χ0) is 15.6. The van der Waals surface area contributed by atoms with Crippen molar-refractivity contribution in [3.63, 3.8) is 0 Å². The Morgan fingerprint density at radius 1 is 1.38 bits per heavy atom. The van der Waals surface area contributed by atoms with E-state index in [1.807, 2.05) is 0 Å². The van der Waals surface area contributed by atoms with Crippen LogP contribution in [-0.2, 0) is 9.59 Å². The van der Waals surface area contributed by atoms with Crippen molar-refractivity contribution in [2.75, 3.05) is 6.61 Å². The second-order valence-electron chi connectivity index (χ2n) is 3.94. The van der Waals surface area contributed by atoms with Gasteiger partial charge < -0.3 is 20.0 Å². The first-order valence-corrected chi connectivity index (χ1v) is 6.69. The molecule has 0 bridgehead atoms. The third-order valence-corrected chi connectivity index (χ3v) is 3.26. The van der Waals surface area contributed by atoms with Gasteiger partial charge in [-0.05, 0) is 39.7 Å². The topological polar surface area (TPSA) is 108 Å². The number of hydrogen-bond donors (Lipinski definition) is 2. The SMILES string of the molecule is O=C([O-])COc1c(Cl)cc(/C=C2/NC(=O)NC2=O)cc1Br. The van der Waals surface area contributed by atoms with Gasteiger partial charge in [0.2, 0.25) is 0 Å². The number of nitrogens with one attached hydrogen (secondary N) is 2. The van der Waals surface area contributed by atoms with E-state index in [1.165, 1.54) is 12.1 Å². The first-order chi connectivity index (χ1) is 9.86. The van der Waals surface area contributed by atoms with E-state index in [0.717, 1.165) is 0 Å². The largest absolute Gasteiger partial charge is 0.546 e. The molecule has 0 aromatic heterocycles. The third kappa shape index (κ3) is 3.73. The predicted molar refractivity (Wildman–Crippen MR) is 74.3 cm³/mol. The van der Waals surface area contributed by atoms with Crippen molar-refractivity contribution in [3.8, 4) is 5.75 Å². The highest BCUT2D eigenvalue weighted by Crippen LogP contribution is 2.35. The lowest BCUT2D eigenvalue weighted by molar-refractivity contribution is -0.307. The summed E-state index contributed by atoms with van der Waals surface area (Å²) >= 11 is 9.17. The van der Waals surface area contributed by atoms with Crippen molar-refractivity contribution in [1.82, 2.24) is 10.6 Å². The van der Waals surface area contributed by atoms with Gasteiger partial charge in [0.05, 0.1) is 15.5 Å². The summed E-state index contributed by atoms with van der Waals surface area (Å²) in [6.07, 6.45) is 1.42. The van der Waals surface area contributed by atoms with Gasteiger partial charge in [-0.1, -0.05) is 11.6 Å². The highest BCUT2D eigenvalue weighted by molar-refractivity contribution is 9.10. The van der Waals surface area contributed by atoms with E-state index in [4.69, 9.17) is 16.3 Å². The number of rotatable bonds is 4. The summed E-state index contributed by atoms with van der Waals surface area (Å²) in [7, 11) is 0. The summed E-state index contributed by atoms with van der Waals surface area (Å²) in [5, 5.41) is 14.9. The normalized spacial score (nSPS) is 15.8. The number of halogens is 2. The van der Waals surface area contributed by atoms with Gasteiger partial charge in [-0.25, -0.2) is 4.79 Å². The molecule has 3 amide bonds. The molecule has 9 heteroatoms. The van der Waals surface area contributed by atoms with Crippen LogP contribution >= 0.6 is 27.5 Å². The fraction of sp³-hybridized carbons (Fsp3) is 0.0833. The monoisotopic (exact) mass is 373 g/mol. The lowest BCUT2D eigenvalue weighted by atomic mass is 10.2. The molecule has 0 radical (unpaired) electrons. The van der Waals surface area contributed by atoms with Gasteiger partial charge in [0.15, 0.2) is 5.75 Å². The van der Waals surface area contributed by atoms with Crippen LogP contribution in [0, 0.1) is 0 Å². The summed E-state index contributed by atoms with van der Waals surface area (Å²) in [6.45, 7) is -0.642. The van der Waals surface area contributed by atoms with Gasteiger partial charge in [0.25, 0.3) is 5.91 Å². The molecule has 2 N–H and O–H groups in total. The summed E-state index contributed by atoms with van der Waals surface area (Å²) in [5.41, 5.74) is 0.589. The van der Waals surface area contributed by atoms with Crippen molar-refractivity contribution in [1.29, 1.82) is 0 Å². The summed E-state index contributed by atoms with van der Waals surface area (Å²) in [5.74, 6) is -1.79. The van der Waals surface area contributed by atoms with Gasteiger partial charge in [0.1, 0.15) is 12.3 Å². The molecule has 1 fully saturated rings. The van der Waals surface area contributed by atoms with Gasteiger partial charge >= 0.3 is 6.03 Å². The fourth-order valence-electron chi connectivity index (χ4n) is 1.58. The number of ether oxygens (including phenoxy) is 1. The third-order valence-electron chi connectivity index (χ3n) is 2.39. The van der Waals surface area contributed by atoms with Crippen molar-refractivity contribution in [2.24, 2.45) is 0 Å². The maximum atomic E-state index is 11.4. The molecule has 1 aliphatic heterocycles. The minimum Gasteiger partial charge on any atom is -0.546 e. The number of benzene rings is 1. The molecule has 0 aliphatic carbocycles. The molecular formula is C12H7BrClN2O5-. The molecule has 110 valence electrons. The Labute approximate surface area is 132 Å². The van der Waals surface area contributed by atoms with Gasteiger partial charge in [-0.3, -0.25) is 10.1 Å². The molecule has 1 heterocycles. The lowest BCUT2D eigenvalue weighted by Gasteiger charge is -2.11. The maximum absolute atomic E-state index is 11.4. The Morgan fingerprint density at radius 3 is 2.62 bits per heavy atom. The van der Waals surface area contributed by atoms with E-state index in [9.17, 15) is 19.5 Å². The van der Waals surface area contributed by atoms with Crippen molar-refractivity contribution in [3.05, 3.63) is 32.9 Å². The Bertz CT molecular complexity index is 651. The minimum absolute atomic E-state index is 0.0753. The summed E-state index contributed by atoms with van der Waals surface area (Å²) in [4.78, 5) is 32.8. The number of carbonyl (C=O) groups excluding carboxylic acids is 3. The standard InChI is InChI=1S/C12H8BrClN2O5/c13-6-1-5(3-8-11(19)16-12(20)15-8)2-7(14)10(6)21-4-9(17)18/h1-3H,4H2,(H,17,18)(H2,15,16,19,20)/p-1/b8-3+. The molecule has 2 rings (SSSR count).